The Morgan fingerprint density at radius 2 is 2.18 bits per heavy atom. The van der Waals surface area contributed by atoms with Crippen molar-refractivity contribution < 1.29 is 4.39 Å². The molecule has 17 heavy (non-hydrogen) atoms. The number of aryl methyl sites for hydroxylation is 1. The van der Waals surface area contributed by atoms with Crippen molar-refractivity contribution in [2.45, 2.75) is 25.8 Å². The number of halogens is 2. The minimum absolute atomic E-state index is 0.0371. The van der Waals surface area contributed by atoms with E-state index < -0.39 is 0 Å². The predicted molar refractivity (Wildman–Crippen MR) is 68.7 cm³/mol. The number of benzene rings is 1. The van der Waals surface area contributed by atoms with Crippen molar-refractivity contribution in [1.29, 1.82) is 0 Å². The molecule has 1 aromatic rings. The summed E-state index contributed by atoms with van der Waals surface area (Å²) in [5.41, 5.74) is 7.27. The fraction of sp³-hybridized carbons (Fsp3) is 0.538. The zero-order valence-electron chi connectivity index (χ0n) is 10.2. The first-order valence-corrected chi connectivity index (χ1v) is 6.25. The molecule has 94 valence electrons. The molecule has 0 aromatic heterocycles. The molecule has 1 fully saturated rings. The van der Waals surface area contributed by atoms with Gasteiger partial charge in [0.25, 0.3) is 0 Å². The molecule has 0 radical (unpaired) electrons. The van der Waals surface area contributed by atoms with E-state index in [1.165, 1.54) is 6.07 Å². The Kier molecular flexibility index (Phi) is 3.43. The Labute approximate surface area is 106 Å². The van der Waals surface area contributed by atoms with Crippen LogP contribution in [0.2, 0.25) is 5.02 Å². The summed E-state index contributed by atoms with van der Waals surface area (Å²) in [7, 11) is 1.87. The van der Waals surface area contributed by atoms with Crippen molar-refractivity contribution in [2.75, 3.05) is 13.6 Å². The molecule has 0 saturated heterocycles. The lowest BCUT2D eigenvalue weighted by atomic mass is 9.89. The maximum atomic E-state index is 13.7. The van der Waals surface area contributed by atoms with E-state index in [0.29, 0.717) is 17.1 Å². The zero-order valence-corrected chi connectivity index (χ0v) is 10.9. The second-order valence-corrected chi connectivity index (χ2v) is 5.32. The monoisotopic (exact) mass is 256 g/mol. The first kappa shape index (κ1) is 12.8. The molecule has 0 heterocycles. The van der Waals surface area contributed by atoms with Crippen LogP contribution in [0, 0.1) is 18.2 Å². The second-order valence-electron chi connectivity index (χ2n) is 4.91. The summed E-state index contributed by atoms with van der Waals surface area (Å²) in [5.74, 6) is -0.211. The van der Waals surface area contributed by atoms with Crippen LogP contribution in [0.5, 0.6) is 0 Å². The molecule has 0 bridgehead atoms. The molecule has 1 aliphatic carbocycles. The lowest BCUT2D eigenvalue weighted by Crippen LogP contribution is -2.32. The Morgan fingerprint density at radius 1 is 1.53 bits per heavy atom. The fourth-order valence-corrected chi connectivity index (χ4v) is 2.77. The molecule has 2 rings (SSSR count). The van der Waals surface area contributed by atoms with Gasteiger partial charge in [0.2, 0.25) is 0 Å². The smallest absolute Gasteiger partial charge is 0.126 e. The van der Waals surface area contributed by atoms with Crippen LogP contribution in [-0.4, -0.2) is 13.6 Å². The highest BCUT2D eigenvalue weighted by Gasteiger charge is 2.48. The maximum Gasteiger partial charge on any atom is 0.126 e. The third-order valence-electron chi connectivity index (χ3n) is 3.79. The minimum Gasteiger partial charge on any atom is -0.330 e. The van der Waals surface area contributed by atoms with E-state index in [2.05, 4.69) is 5.32 Å². The molecule has 1 aliphatic rings. The van der Waals surface area contributed by atoms with Gasteiger partial charge in [-0.2, -0.15) is 0 Å². The summed E-state index contributed by atoms with van der Waals surface area (Å²) in [6, 6.07) is 3.26. The number of nitrogens with one attached hydrogen (secondary N) is 1. The average Bonchev–Trinajstić information content (AvgIpc) is 3.07. The van der Waals surface area contributed by atoms with Gasteiger partial charge in [-0.05, 0) is 56.6 Å². The molecular weight excluding hydrogens is 239 g/mol. The molecule has 0 aliphatic heterocycles. The van der Waals surface area contributed by atoms with Crippen LogP contribution in [0.3, 0.4) is 0 Å². The van der Waals surface area contributed by atoms with E-state index in [4.69, 9.17) is 17.3 Å². The van der Waals surface area contributed by atoms with Crippen LogP contribution in [0.15, 0.2) is 12.1 Å². The molecule has 1 atom stereocenters. The first-order chi connectivity index (χ1) is 8.04. The zero-order chi connectivity index (χ0) is 12.6. The molecule has 1 saturated carbocycles. The highest BCUT2D eigenvalue weighted by atomic mass is 35.5. The minimum atomic E-state index is -0.211. The van der Waals surface area contributed by atoms with Crippen LogP contribution in [0.4, 0.5) is 4.39 Å². The van der Waals surface area contributed by atoms with Gasteiger partial charge in [0.15, 0.2) is 0 Å². The van der Waals surface area contributed by atoms with Gasteiger partial charge in [0, 0.05) is 16.5 Å². The Hall–Kier alpha value is -0.640. The SMILES string of the molecule is CNC(c1cc(F)c(C)cc1Cl)C1(CN)CC1. The molecule has 0 spiro atoms. The molecule has 0 amide bonds. The van der Waals surface area contributed by atoms with Crippen LogP contribution in [0.25, 0.3) is 0 Å². The maximum absolute atomic E-state index is 13.7. The van der Waals surface area contributed by atoms with Crippen molar-refractivity contribution in [3.8, 4) is 0 Å². The fourth-order valence-electron chi connectivity index (χ4n) is 2.45. The van der Waals surface area contributed by atoms with Crippen molar-refractivity contribution in [1.82, 2.24) is 5.32 Å². The van der Waals surface area contributed by atoms with Crippen LogP contribution >= 0.6 is 11.6 Å². The van der Waals surface area contributed by atoms with Gasteiger partial charge < -0.3 is 11.1 Å². The summed E-state index contributed by atoms with van der Waals surface area (Å²) in [5, 5.41) is 3.84. The Bertz CT molecular complexity index is 430. The normalized spacial score (nSPS) is 19.1. The van der Waals surface area contributed by atoms with Gasteiger partial charge in [0.1, 0.15) is 5.82 Å². The third kappa shape index (κ3) is 2.19. The lowest BCUT2D eigenvalue weighted by molar-refractivity contribution is 0.365. The van der Waals surface area contributed by atoms with E-state index in [1.807, 2.05) is 7.05 Å². The van der Waals surface area contributed by atoms with Crippen molar-refractivity contribution in [2.24, 2.45) is 11.1 Å². The first-order valence-electron chi connectivity index (χ1n) is 5.87. The highest BCUT2D eigenvalue weighted by molar-refractivity contribution is 6.31. The van der Waals surface area contributed by atoms with Gasteiger partial charge in [-0.25, -0.2) is 4.39 Å². The molecular formula is C13H18ClFN2. The van der Waals surface area contributed by atoms with Crippen LogP contribution in [-0.2, 0) is 0 Å². The molecule has 1 unspecified atom stereocenters. The summed E-state index contributed by atoms with van der Waals surface area (Å²) in [6.07, 6.45) is 2.14. The van der Waals surface area contributed by atoms with Crippen molar-refractivity contribution >= 4 is 11.6 Å². The Balaban J connectivity index is 2.41. The Morgan fingerprint density at radius 3 is 2.65 bits per heavy atom. The van der Waals surface area contributed by atoms with E-state index in [0.717, 1.165) is 18.4 Å². The number of nitrogens with two attached hydrogens (primary N) is 1. The number of hydrogen-bond donors (Lipinski definition) is 2. The highest BCUT2D eigenvalue weighted by Crippen LogP contribution is 2.54. The molecule has 4 heteroatoms. The van der Waals surface area contributed by atoms with Gasteiger partial charge in [0.05, 0.1) is 0 Å². The van der Waals surface area contributed by atoms with E-state index >= 15 is 0 Å². The summed E-state index contributed by atoms with van der Waals surface area (Å²) in [4.78, 5) is 0. The van der Waals surface area contributed by atoms with E-state index in [-0.39, 0.29) is 17.3 Å². The predicted octanol–water partition coefficient (Wildman–Crippen LogP) is 2.79. The van der Waals surface area contributed by atoms with Gasteiger partial charge in [-0.15, -0.1) is 0 Å². The van der Waals surface area contributed by atoms with Gasteiger partial charge >= 0.3 is 0 Å². The van der Waals surface area contributed by atoms with Crippen LogP contribution in [0.1, 0.15) is 30.0 Å². The standard InChI is InChI=1S/C13H18ClFN2/c1-8-5-10(14)9(6-11(8)15)12(17-2)13(7-16)3-4-13/h5-6,12,17H,3-4,7,16H2,1-2H3. The second kappa shape index (κ2) is 4.56. The van der Waals surface area contributed by atoms with Gasteiger partial charge in [-0.3, -0.25) is 0 Å². The van der Waals surface area contributed by atoms with Crippen molar-refractivity contribution in [3.63, 3.8) is 0 Å². The van der Waals surface area contributed by atoms with Gasteiger partial charge in [-0.1, -0.05) is 11.6 Å². The number of rotatable bonds is 4. The molecule has 1 aromatic carbocycles. The lowest BCUT2D eigenvalue weighted by Gasteiger charge is -2.27. The third-order valence-corrected chi connectivity index (χ3v) is 4.12. The average molecular weight is 257 g/mol. The van der Waals surface area contributed by atoms with E-state index in [9.17, 15) is 4.39 Å². The molecule has 3 N–H and O–H groups in total. The molecule has 2 nitrogen and oxygen atoms in total. The summed E-state index contributed by atoms with van der Waals surface area (Å²) in [6.45, 7) is 2.32. The van der Waals surface area contributed by atoms with Crippen LogP contribution < -0.4 is 11.1 Å². The van der Waals surface area contributed by atoms with Crippen molar-refractivity contribution in [3.05, 3.63) is 34.1 Å². The summed E-state index contributed by atoms with van der Waals surface area (Å²) >= 11 is 6.22. The summed E-state index contributed by atoms with van der Waals surface area (Å²) < 4.78 is 13.7. The number of hydrogen-bond acceptors (Lipinski definition) is 2. The quantitative estimate of drug-likeness (QED) is 0.869. The topological polar surface area (TPSA) is 38.0 Å². The van der Waals surface area contributed by atoms with E-state index in [1.54, 1.807) is 13.0 Å². The largest absolute Gasteiger partial charge is 0.330 e.